The van der Waals surface area contributed by atoms with Crippen LogP contribution in [-0.2, 0) is 32.2 Å². The summed E-state index contributed by atoms with van der Waals surface area (Å²) in [7, 11) is 0. The summed E-state index contributed by atoms with van der Waals surface area (Å²) in [6.07, 6.45) is 11.4. The number of nitriles is 1. The quantitative estimate of drug-likeness (QED) is 0.201. The van der Waals surface area contributed by atoms with Gasteiger partial charge in [0, 0.05) is 24.0 Å². The number of hydrogen-bond donors (Lipinski definition) is 0. The number of hydrogen-bond acceptors (Lipinski definition) is 3. The fourth-order valence-electron chi connectivity index (χ4n) is 5.82. The third kappa shape index (κ3) is 6.70. The molecule has 0 radical (unpaired) electrons. The van der Waals surface area contributed by atoms with Gasteiger partial charge < -0.3 is 0 Å². The Morgan fingerprint density at radius 2 is 1.68 bits per heavy atom. The SMILES string of the molecule is C=Cc1cc(Cl)c(CCc2cccc(-c3cccc(CN4CCCC4)c3)c2C)cc1CCc1cncc(C#N)c1. The van der Waals surface area contributed by atoms with Crippen LogP contribution in [0.2, 0.25) is 5.02 Å². The molecule has 1 fully saturated rings. The Morgan fingerprint density at radius 1 is 0.900 bits per heavy atom. The molecule has 2 heterocycles. The number of rotatable bonds is 10. The molecule has 0 N–H and O–H groups in total. The van der Waals surface area contributed by atoms with E-state index >= 15 is 0 Å². The second-order valence-corrected chi connectivity index (χ2v) is 11.2. The molecule has 0 aliphatic carbocycles. The molecule has 40 heavy (non-hydrogen) atoms. The van der Waals surface area contributed by atoms with Gasteiger partial charge in [-0.3, -0.25) is 9.88 Å². The van der Waals surface area contributed by atoms with Crippen molar-refractivity contribution < 1.29 is 0 Å². The van der Waals surface area contributed by atoms with Gasteiger partial charge in [0.25, 0.3) is 0 Å². The molecule has 1 saturated heterocycles. The molecule has 5 rings (SSSR count). The number of likely N-dealkylation sites (tertiary alicyclic amines) is 1. The molecule has 202 valence electrons. The maximum atomic E-state index is 9.20. The summed E-state index contributed by atoms with van der Waals surface area (Å²) in [5.74, 6) is 0. The van der Waals surface area contributed by atoms with E-state index in [-0.39, 0.29) is 0 Å². The Morgan fingerprint density at radius 3 is 2.48 bits per heavy atom. The van der Waals surface area contributed by atoms with Crippen LogP contribution in [0.25, 0.3) is 17.2 Å². The zero-order valence-corrected chi connectivity index (χ0v) is 24.1. The predicted octanol–water partition coefficient (Wildman–Crippen LogP) is 8.39. The first-order chi connectivity index (χ1) is 19.5. The van der Waals surface area contributed by atoms with E-state index in [0.29, 0.717) is 5.56 Å². The molecule has 0 atom stereocenters. The molecular weight excluding hydrogens is 510 g/mol. The van der Waals surface area contributed by atoms with Crippen LogP contribution in [0.3, 0.4) is 0 Å². The van der Waals surface area contributed by atoms with E-state index < -0.39 is 0 Å². The first-order valence-electron chi connectivity index (χ1n) is 14.2. The van der Waals surface area contributed by atoms with Gasteiger partial charge in [-0.1, -0.05) is 66.7 Å². The van der Waals surface area contributed by atoms with Gasteiger partial charge in [-0.05, 0) is 127 Å². The largest absolute Gasteiger partial charge is 0.299 e. The lowest BCUT2D eigenvalue weighted by Crippen LogP contribution is -2.18. The molecule has 0 unspecified atom stereocenters. The molecule has 0 saturated carbocycles. The minimum absolute atomic E-state index is 0.592. The van der Waals surface area contributed by atoms with Crippen LogP contribution in [0.1, 0.15) is 57.3 Å². The van der Waals surface area contributed by atoms with Gasteiger partial charge >= 0.3 is 0 Å². The van der Waals surface area contributed by atoms with Crippen molar-refractivity contribution >= 4 is 17.7 Å². The number of aromatic nitrogens is 1. The minimum Gasteiger partial charge on any atom is -0.299 e. The monoisotopic (exact) mass is 545 g/mol. The highest BCUT2D eigenvalue weighted by atomic mass is 35.5. The van der Waals surface area contributed by atoms with E-state index in [1.807, 2.05) is 24.4 Å². The average molecular weight is 546 g/mol. The average Bonchev–Trinajstić information content (AvgIpc) is 3.49. The Kier molecular flexibility index (Phi) is 9.12. The van der Waals surface area contributed by atoms with E-state index in [4.69, 9.17) is 11.6 Å². The van der Waals surface area contributed by atoms with Crippen LogP contribution in [0.4, 0.5) is 0 Å². The molecule has 0 amide bonds. The predicted molar refractivity (Wildman–Crippen MR) is 166 cm³/mol. The van der Waals surface area contributed by atoms with Crippen LogP contribution in [0, 0.1) is 18.3 Å². The number of nitrogens with zero attached hydrogens (tertiary/aromatic N) is 3. The van der Waals surface area contributed by atoms with E-state index in [1.54, 1.807) is 6.20 Å². The van der Waals surface area contributed by atoms with Crippen LogP contribution in [0.5, 0.6) is 0 Å². The van der Waals surface area contributed by atoms with Gasteiger partial charge in [0.15, 0.2) is 0 Å². The highest BCUT2D eigenvalue weighted by Crippen LogP contribution is 2.30. The van der Waals surface area contributed by atoms with Crippen LogP contribution in [0.15, 0.2) is 79.6 Å². The third-order valence-electron chi connectivity index (χ3n) is 8.09. The zero-order chi connectivity index (χ0) is 27.9. The summed E-state index contributed by atoms with van der Waals surface area (Å²) in [6.45, 7) is 9.71. The topological polar surface area (TPSA) is 39.9 Å². The maximum absolute atomic E-state index is 9.20. The van der Waals surface area contributed by atoms with Crippen molar-refractivity contribution in [1.82, 2.24) is 9.88 Å². The summed E-state index contributed by atoms with van der Waals surface area (Å²) < 4.78 is 0. The number of halogens is 1. The van der Waals surface area contributed by atoms with Crippen molar-refractivity contribution in [3.63, 3.8) is 0 Å². The third-order valence-corrected chi connectivity index (χ3v) is 8.44. The highest BCUT2D eigenvalue weighted by Gasteiger charge is 2.14. The molecule has 1 aromatic heterocycles. The molecule has 3 aromatic carbocycles. The molecule has 1 aliphatic rings. The lowest BCUT2D eigenvalue weighted by atomic mass is 9.91. The van der Waals surface area contributed by atoms with Gasteiger partial charge in [-0.2, -0.15) is 5.26 Å². The summed E-state index contributed by atoms with van der Waals surface area (Å²) in [4.78, 5) is 6.76. The van der Waals surface area contributed by atoms with Gasteiger partial charge in [0.2, 0.25) is 0 Å². The lowest BCUT2D eigenvalue weighted by Gasteiger charge is -2.17. The Hall–Kier alpha value is -3.71. The van der Waals surface area contributed by atoms with Crippen LogP contribution in [-0.4, -0.2) is 23.0 Å². The fraction of sp³-hybridized carbons (Fsp3) is 0.278. The van der Waals surface area contributed by atoms with E-state index in [0.717, 1.165) is 53.9 Å². The molecular formula is C36H36ClN3. The Bertz CT molecular complexity index is 1540. The van der Waals surface area contributed by atoms with Crippen molar-refractivity contribution in [2.75, 3.05) is 13.1 Å². The highest BCUT2D eigenvalue weighted by molar-refractivity contribution is 6.31. The van der Waals surface area contributed by atoms with E-state index in [1.165, 1.54) is 59.3 Å². The molecule has 4 aromatic rings. The second-order valence-electron chi connectivity index (χ2n) is 10.8. The summed E-state index contributed by atoms with van der Waals surface area (Å²) in [5, 5.41) is 9.98. The first kappa shape index (κ1) is 27.8. The van der Waals surface area contributed by atoms with Gasteiger partial charge in [-0.25, -0.2) is 0 Å². The van der Waals surface area contributed by atoms with Crippen molar-refractivity contribution in [2.45, 2.75) is 52.0 Å². The van der Waals surface area contributed by atoms with Crippen molar-refractivity contribution in [3.05, 3.63) is 129 Å². The smallest absolute Gasteiger partial charge is 0.101 e. The standard InChI is InChI=1S/C36H36ClN3/c1-3-30-21-36(37)34(20-32(30)13-12-27-18-29(22-38)24-39-23-27)15-14-31-9-7-11-35(26(31)2)33-10-6-8-28(19-33)25-40-16-4-5-17-40/h3,6-11,18-21,23-24H,1,4-5,12-17,25H2,2H3. The number of pyridine rings is 1. The van der Waals surface area contributed by atoms with Gasteiger partial charge in [-0.15, -0.1) is 0 Å². The fourth-order valence-corrected chi connectivity index (χ4v) is 6.09. The minimum atomic E-state index is 0.592. The molecule has 1 aliphatic heterocycles. The van der Waals surface area contributed by atoms with Gasteiger partial charge in [0.1, 0.15) is 6.07 Å². The maximum Gasteiger partial charge on any atom is 0.101 e. The number of benzene rings is 3. The van der Waals surface area contributed by atoms with Crippen molar-refractivity contribution in [3.8, 4) is 17.2 Å². The van der Waals surface area contributed by atoms with Crippen LogP contribution < -0.4 is 0 Å². The van der Waals surface area contributed by atoms with Crippen molar-refractivity contribution in [2.24, 2.45) is 0 Å². The summed E-state index contributed by atoms with van der Waals surface area (Å²) in [6, 6.07) is 24.1. The van der Waals surface area contributed by atoms with Gasteiger partial charge in [0.05, 0.1) is 5.56 Å². The normalized spacial score (nSPS) is 13.3. The molecule has 0 bridgehead atoms. The second kappa shape index (κ2) is 13.1. The molecule has 0 spiro atoms. The zero-order valence-electron chi connectivity index (χ0n) is 23.3. The molecule has 3 nitrogen and oxygen atoms in total. The van der Waals surface area contributed by atoms with Crippen LogP contribution >= 0.6 is 11.6 Å². The summed E-state index contributed by atoms with van der Waals surface area (Å²) in [5.41, 5.74) is 11.8. The van der Waals surface area contributed by atoms with Crippen molar-refractivity contribution in [1.29, 1.82) is 5.26 Å². The Labute approximate surface area is 243 Å². The number of aryl methyl sites for hydroxylation is 4. The van der Waals surface area contributed by atoms with E-state index in [2.05, 4.69) is 78.0 Å². The van der Waals surface area contributed by atoms with E-state index in [9.17, 15) is 5.26 Å². The first-order valence-corrected chi connectivity index (χ1v) is 14.6. The molecule has 4 heteroatoms. The Balaban J connectivity index is 1.32. The summed E-state index contributed by atoms with van der Waals surface area (Å²) >= 11 is 6.76. The lowest BCUT2D eigenvalue weighted by molar-refractivity contribution is 0.331.